The summed E-state index contributed by atoms with van der Waals surface area (Å²) in [6.07, 6.45) is -0.234. The number of sulfone groups is 1. The molecule has 0 aromatic carbocycles. The number of aliphatic carboxylic acids is 1. The highest BCUT2D eigenvalue weighted by Gasteiger charge is 2.28. The Hall–Kier alpha value is -1.84. The van der Waals surface area contributed by atoms with Crippen molar-refractivity contribution < 1.29 is 32.6 Å². The monoisotopic (exact) mass is 322 g/mol. The number of carboxylic acids is 1. The first-order valence-electron chi connectivity index (χ1n) is 6.30. The van der Waals surface area contributed by atoms with Crippen LogP contribution in [0.4, 0.5) is 4.79 Å². The molecule has 0 aliphatic carbocycles. The average Bonchev–Trinajstić information content (AvgIpc) is 2.42. The standard InChI is InChI=1S/C11H18N2O7S/c1-20-9(14)3-2-8(10(15)16)12-11(17)13-4-6-21(18,19)7-5-13/h8H,2-7H2,1H3,(H,12,17)(H,15,16)/t8-/m1/s1. The van der Waals surface area contributed by atoms with Crippen molar-refractivity contribution in [3.05, 3.63) is 0 Å². The van der Waals surface area contributed by atoms with Crippen molar-refractivity contribution in [3.8, 4) is 0 Å². The molecule has 1 fully saturated rings. The number of carboxylic acid groups (broad SMARTS) is 1. The van der Waals surface area contributed by atoms with E-state index in [1.54, 1.807) is 0 Å². The van der Waals surface area contributed by atoms with Crippen molar-refractivity contribution >= 4 is 27.8 Å². The second kappa shape index (κ2) is 7.25. The number of urea groups is 1. The Labute approximate surface area is 122 Å². The molecule has 0 unspecified atom stereocenters. The largest absolute Gasteiger partial charge is 0.480 e. The molecule has 2 N–H and O–H groups in total. The van der Waals surface area contributed by atoms with Crippen molar-refractivity contribution in [1.29, 1.82) is 0 Å². The van der Waals surface area contributed by atoms with Crippen molar-refractivity contribution in [2.24, 2.45) is 0 Å². The summed E-state index contributed by atoms with van der Waals surface area (Å²) in [6.45, 7) is 0.0506. The second-order valence-corrected chi connectivity index (χ2v) is 6.90. The number of carbonyl (C=O) groups is 3. The lowest BCUT2D eigenvalue weighted by molar-refractivity contribution is -0.142. The Kier molecular flexibility index (Phi) is 5.94. The van der Waals surface area contributed by atoms with Gasteiger partial charge in [-0.1, -0.05) is 0 Å². The van der Waals surface area contributed by atoms with Crippen LogP contribution in [0.15, 0.2) is 0 Å². The van der Waals surface area contributed by atoms with Crippen LogP contribution in [0, 0.1) is 0 Å². The Bertz CT molecular complexity index is 503. The first-order chi connectivity index (χ1) is 9.75. The highest BCUT2D eigenvalue weighted by atomic mass is 32.2. The lowest BCUT2D eigenvalue weighted by Crippen LogP contribution is -2.52. The number of nitrogens with one attached hydrogen (secondary N) is 1. The molecular weight excluding hydrogens is 304 g/mol. The zero-order chi connectivity index (χ0) is 16.0. The van der Waals surface area contributed by atoms with Crippen molar-refractivity contribution in [2.45, 2.75) is 18.9 Å². The topological polar surface area (TPSA) is 130 Å². The average molecular weight is 322 g/mol. The number of rotatable bonds is 5. The fourth-order valence-electron chi connectivity index (χ4n) is 1.78. The lowest BCUT2D eigenvalue weighted by atomic mass is 10.1. The Balaban J connectivity index is 2.53. The van der Waals surface area contributed by atoms with Gasteiger partial charge in [0.2, 0.25) is 0 Å². The minimum atomic E-state index is -3.12. The van der Waals surface area contributed by atoms with Crippen molar-refractivity contribution in [3.63, 3.8) is 0 Å². The summed E-state index contributed by atoms with van der Waals surface area (Å²) in [7, 11) is -1.93. The molecule has 10 heteroatoms. The van der Waals surface area contributed by atoms with Crippen LogP contribution in [0.5, 0.6) is 0 Å². The molecule has 2 amide bonds. The van der Waals surface area contributed by atoms with Crippen LogP contribution in [0.2, 0.25) is 0 Å². The number of hydrogen-bond donors (Lipinski definition) is 2. The summed E-state index contributed by atoms with van der Waals surface area (Å²) in [5.41, 5.74) is 0. The molecule has 0 aromatic heterocycles. The van der Waals surface area contributed by atoms with Crippen LogP contribution in [-0.4, -0.2) is 74.1 Å². The molecule has 0 spiro atoms. The smallest absolute Gasteiger partial charge is 0.326 e. The predicted octanol–water partition coefficient (Wildman–Crippen LogP) is -1.17. The van der Waals surface area contributed by atoms with Gasteiger partial charge in [-0.3, -0.25) is 4.79 Å². The Morgan fingerprint density at radius 3 is 2.33 bits per heavy atom. The molecule has 1 heterocycles. The van der Waals surface area contributed by atoms with Gasteiger partial charge in [-0.05, 0) is 6.42 Å². The third kappa shape index (κ3) is 5.58. The minimum absolute atomic E-state index is 0.0253. The summed E-state index contributed by atoms with van der Waals surface area (Å²) in [6, 6.07) is -1.88. The van der Waals surface area contributed by atoms with E-state index in [4.69, 9.17) is 5.11 Å². The van der Waals surface area contributed by atoms with Gasteiger partial charge in [-0.2, -0.15) is 0 Å². The second-order valence-electron chi connectivity index (χ2n) is 4.59. The van der Waals surface area contributed by atoms with Gasteiger partial charge in [0.1, 0.15) is 6.04 Å². The molecule has 1 rings (SSSR count). The van der Waals surface area contributed by atoms with Gasteiger partial charge < -0.3 is 20.1 Å². The third-order valence-corrected chi connectivity index (χ3v) is 4.70. The fraction of sp³-hybridized carbons (Fsp3) is 0.727. The van der Waals surface area contributed by atoms with E-state index in [2.05, 4.69) is 10.1 Å². The summed E-state index contributed by atoms with van der Waals surface area (Å²) in [5.74, 6) is -2.11. The van der Waals surface area contributed by atoms with Crippen LogP contribution in [0.25, 0.3) is 0 Å². The number of nitrogens with zero attached hydrogens (tertiary/aromatic N) is 1. The number of ether oxygens (including phenoxy) is 1. The van der Waals surface area contributed by atoms with E-state index in [0.29, 0.717) is 0 Å². The van der Waals surface area contributed by atoms with Crippen LogP contribution in [0.1, 0.15) is 12.8 Å². The SMILES string of the molecule is COC(=O)CC[C@@H](NC(=O)N1CCS(=O)(=O)CC1)C(=O)O. The lowest BCUT2D eigenvalue weighted by Gasteiger charge is -2.28. The molecule has 0 bridgehead atoms. The molecular formula is C11H18N2O7S. The van der Waals surface area contributed by atoms with E-state index in [1.807, 2.05) is 0 Å². The van der Waals surface area contributed by atoms with Gasteiger partial charge in [0.15, 0.2) is 9.84 Å². The highest BCUT2D eigenvalue weighted by Crippen LogP contribution is 2.06. The van der Waals surface area contributed by atoms with Gasteiger partial charge in [0, 0.05) is 19.5 Å². The van der Waals surface area contributed by atoms with E-state index in [9.17, 15) is 22.8 Å². The summed E-state index contributed by atoms with van der Waals surface area (Å²) in [5, 5.41) is 11.3. The van der Waals surface area contributed by atoms with Crippen molar-refractivity contribution in [1.82, 2.24) is 10.2 Å². The van der Waals surface area contributed by atoms with Crippen molar-refractivity contribution in [2.75, 3.05) is 31.7 Å². The predicted molar refractivity (Wildman–Crippen MR) is 71.4 cm³/mol. The van der Waals surface area contributed by atoms with E-state index >= 15 is 0 Å². The quantitative estimate of drug-likeness (QED) is 0.610. The van der Waals surface area contributed by atoms with E-state index in [-0.39, 0.29) is 37.4 Å². The van der Waals surface area contributed by atoms with Crippen LogP contribution in [-0.2, 0) is 24.2 Å². The van der Waals surface area contributed by atoms with Gasteiger partial charge in [0.05, 0.1) is 18.6 Å². The molecule has 1 atom stereocenters. The molecule has 0 radical (unpaired) electrons. The normalized spacial score (nSPS) is 18.6. The molecule has 1 aliphatic rings. The maximum atomic E-state index is 11.9. The van der Waals surface area contributed by atoms with Gasteiger partial charge in [-0.15, -0.1) is 0 Å². The number of hydrogen-bond acceptors (Lipinski definition) is 6. The first-order valence-corrected chi connectivity index (χ1v) is 8.13. The first kappa shape index (κ1) is 17.2. The fourth-order valence-corrected chi connectivity index (χ4v) is 2.98. The maximum absolute atomic E-state index is 11.9. The van der Waals surface area contributed by atoms with E-state index in [1.165, 1.54) is 12.0 Å². The summed E-state index contributed by atoms with van der Waals surface area (Å²) >= 11 is 0. The van der Waals surface area contributed by atoms with Crippen LogP contribution < -0.4 is 5.32 Å². The highest BCUT2D eigenvalue weighted by molar-refractivity contribution is 7.91. The van der Waals surface area contributed by atoms with Gasteiger partial charge in [-0.25, -0.2) is 18.0 Å². The Morgan fingerprint density at radius 1 is 1.29 bits per heavy atom. The van der Waals surface area contributed by atoms with Crippen LogP contribution in [0.3, 0.4) is 0 Å². The van der Waals surface area contributed by atoms with Crippen LogP contribution >= 0.6 is 0 Å². The molecule has 1 aliphatic heterocycles. The number of esters is 1. The van der Waals surface area contributed by atoms with E-state index in [0.717, 1.165) is 0 Å². The maximum Gasteiger partial charge on any atom is 0.326 e. The summed E-state index contributed by atoms with van der Waals surface area (Å²) in [4.78, 5) is 35.2. The molecule has 21 heavy (non-hydrogen) atoms. The Morgan fingerprint density at radius 2 is 1.86 bits per heavy atom. The summed E-state index contributed by atoms with van der Waals surface area (Å²) < 4.78 is 26.9. The molecule has 120 valence electrons. The van der Waals surface area contributed by atoms with Gasteiger partial charge >= 0.3 is 18.0 Å². The third-order valence-electron chi connectivity index (χ3n) is 3.09. The van der Waals surface area contributed by atoms with Gasteiger partial charge in [0.25, 0.3) is 0 Å². The molecule has 0 saturated carbocycles. The van der Waals surface area contributed by atoms with E-state index < -0.39 is 33.8 Å². The minimum Gasteiger partial charge on any atom is -0.480 e. The zero-order valence-electron chi connectivity index (χ0n) is 11.6. The number of amides is 2. The molecule has 1 saturated heterocycles. The molecule has 9 nitrogen and oxygen atoms in total. The zero-order valence-corrected chi connectivity index (χ0v) is 12.4. The number of methoxy groups -OCH3 is 1. The number of carbonyl (C=O) groups excluding carboxylic acids is 2. The molecule has 0 aromatic rings.